The molecule has 0 aliphatic carbocycles. The molecule has 19 heavy (non-hydrogen) atoms. The van der Waals surface area contributed by atoms with E-state index >= 15 is 0 Å². The fourth-order valence-electron chi connectivity index (χ4n) is 2.06. The molecular weight excluding hydrogens is 272 g/mol. The van der Waals surface area contributed by atoms with Crippen molar-refractivity contribution in [2.24, 2.45) is 0 Å². The fraction of sp³-hybridized carbons (Fsp3) is 0.833. The molecule has 1 fully saturated rings. The van der Waals surface area contributed by atoms with Gasteiger partial charge in [0.15, 0.2) is 9.84 Å². The lowest BCUT2D eigenvalue weighted by atomic mass is 10.2. The number of hydrogen-bond donors (Lipinski definition) is 0. The van der Waals surface area contributed by atoms with Gasteiger partial charge in [0.1, 0.15) is 11.5 Å². The van der Waals surface area contributed by atoms with Crippen LogP contribution in [0, 0.1) is 0 Å². The molecule has 2 unspecified atom stereocenters. The number of rotatable bonds is 7. The van der Waals surface area contributed by atoms with E-state index in [2.05, 4.69) is 4.74 Å². The minimum absolute atomic E-state index is 0.0705. The summed E-state index contributed by atoms with van der Waals surface area (Å²) < 4.78 is 33.9. The van der Waals surface area contributed by atoms with Gasteiger partial charge in [-0.15, -0.1) is 0 Å². The van der Waals surface area contributed by atoms with E-state index in [9.17, 15) is 18.0 Å². The van der Waals surface area contributed by atoms with Crippen LogP contribution in [-0.4, -0.2) is 50.5 Å². The summed E-state index contributed by atoms with van der Waals surface area (Å²) in [7, 11) is -3.50. The molecule has 7 heteroatoms. The first kappa shape index (κ1) is 16.1. The van der Waals surface area contributed by atoms with Crippen LogP contribution in [0.15, 0.2) is 0 Å². The van der Waals surface area contributed by atoms with Crippen molar-refractivity contribution >= 4 is 21.6 Å². The highest BCUT2D eigenvalue weighted by molar-refractivity contribution is 7.92. The van der Waals surface area contributed by atoms with Crippen molar-refractivity contribution < 1.29 is 27.5 Å². The Bertz CT molecular complexity index is 428. The molecule has 0 saturated carbocycles. The Labute approximate surface area is 113 Å². The molecule has 0 aromatic carbocycles. The van der Waals surface area contributed by atoms with Gasteiger partial charge in [0, 0.05) is 13.0 Å². The van der Waals surface area contributed by atoms with Crippen molar-refractivity contribution in [3.05, 3.63) is 0 Å². The van der Waals surface area contributed by atoms with Crippen molar-refractivity contribution in [3.63, 3.8) is 0 Å². The SMILES string of the molecule is CCOC(=O)CCC(=O)CS(=O)(=O)C1CCOC1C. The predicted molar refractivity (Wildman–Crippen MR) is 68.5 cm³/mol. The van der Waals surface area contributed by atoms with Crippen molar-refractivity contribution in [3.8, 4) is 0 Å². The Hall–Kier alpha value is -0.950. The molecule has 0 N–H and O–H groups in total. The van der Waals surface area contributed by atoms with Crippen LogP contribution in [0.2, 0.25) is 0 Å². The second kappa shape index (κ2) is 7.00. The average molecular weight is 292 g/mol. The molecule has 1 aliphatic heterocycles. The van der Waals surface area contributed by atoms with Crippen LogP contribution in [0.25, 0.3) is 0 Å². The van der Waals surface area contributed by atoms with Gasteiger partial charge < -0.3 is 9.47 Å². The summed E-state index contributed by atoms with van der Waals surface area (Å²) in [6.45, 7) is 4.02. The molecule has 0 aromatic heterocycles. The summed E-state index contributed by atoms with van der Waals surface area (Å²) in [4.78, 5) is 22.7. The summed E-state index contributed by atoms with van der Waals surface area (Å²) in [5, 5.41) is -0.612. The largest absolute Gasteiger partial charge is 0.466 e. The van der Waals surface area contributed by atoms with Crippen molar-refractivity contribution in [2.45, 2.75) is 44.5 Å². The summed E-state index contributed by atoms with van der Waals surface area (Å²) >= 11 is 0. The van der Waals surface area contributed by atoms with Gasteiger partial charge in [-0.25, -0.2) is 8.42 Å². The number of carbonyl (C=O) groups excluding carboxylic acids is 2. The lowest BCUT2D eigenvalue weighted by Crippen LogP contribution is -2.32. The van der Waals surface area contributed by atoms with E-state index in [0.29, 0.717) is 13.0 Å². The van der Waals surface area contributed by atoms with E-state index in [4.69, 9.17) is 4.74 Å². The molecule has 6 nitrogen and oxygen atoms in total. The second-order valence-corrected chi connectivity index (χ2v) is 6.77. The lowest BCUT2D eigenvalue weighted by Gasteiger charge is -2.14. The second-order valence-electron chi connectivity index (χ2n) is 4.55. The minimum Gasteiger partial charge on any atom is -0.466 e. The maximum absolute atomic E-state index is 12.0. The molecule has 0 bridgehead atoms. The number of ether oxygens (including phenoxy) is 2. The van der Waals surface area contributed by atoms with Crippen molar-refractivity contribution in [1.29, 1.82) is 0 Å². The minimum atomic E-state index is -3.50. The first-order valence-electron chi connectivity index (χ1n) is 6.37. The van der Waals surface area contributed by atoms with Crippen LogP contribution in [0.1, 0.15) is 33.1 Å². The van der Waals surface area contributed by atoms with E-state index < -0.39 is 32.6 Å². The third-order valence-corrected chi connectivity index (χ3v) is 5.31. The Morgan fingerprint density at radius 1 is 1.32 bits per heavy atom. The van der Waals surface area contributed by atoms with Gasteiger partial charge in [-0.1, -0.05) is 0 Å². The van der Waals surface area contributed by atoms with Gasteiger partial charge in [0.25, 0.3) is 0 Å². The third kappa shape index (κ3) is 4.91. The van der Waals surface area contributed by atoms with E-state index in [1.807, 2.05) is 0 Å². The summed E-state index contributed by atoms with van der Waals surface area (Å²) in [6, 6.07) is 0. The Kier molecular flexibility index (Phi) is 5.93. The Morgan fingerprint density at radius 2 is 2.00 bits per heavy atom. The zero-order chi connectivity index (χ0) is 14.5. The number of carbonyl (C=O) groups is 2. The first-order valence-corrected chi connectivity index (χ1v) is 8.09. The van der Waals surface area contributed by atoms with E-state index in [1.54, 1.807) is 13.8 Å². The van der Waals surface area contributed by atoms with Crippen LogP contribution in [0.5, 0.6) is 0 Å². The van der Waals surface area contributed by atoms with Crippen LogP contribution in [0.4, 0.5) is 0 Å². The number of hydrogen-bond acceptors (Lipinski definition) is 6. The topological polar surface area (TPSA) is 86.7 Å². The normalized spacial score (nSPS) is 23.3. The van der Waals surface area contributed by atoms with Crippen LogP contribution in [-0.2, 0) is 28.9 Å². The highest BCUT2D eigenvalue weighted by Gasteiger charge is 2.36. The number of Topliss-reactive ketones (excluding diaryl/α,β-unsaturated/α-hetero) is 1. The zero-order valence-corrected chi connectivity index (χ0v) is 12.1. The van der Waals surface area contributed by atoms with Gasteiger partial charge in [0.2, 0.25) is 0 Å². The monoisotopic (exact) mass is 292 g/mol. The molecule has 2 atom stereocenters. The molecule has 0 aromatic rings. The van der Waals surface area contributed by atoms with E-state index in [1.165, 1.54) is 0 Å². The molecule has 1 heterocycles. The number of esters is 1. The summed E-state index contributed by atoms with van der Waals surface area (Å²) in [6.07, 6.45) is -0.115. The molecule has 110 valence electrons. The average Bonchev–Trinajstić information content (AvgIpc) is 2.73. The van der Waals surface area contributed by atoms with Gasteiger partial charge in [-0.3, -0.25) is 9.59 Å². The highest BCUT2D eigenvalue weighted by atomic mass is 32.2. The van der Waals surface area contributed by atoms with Gasteiger partial charge >= 0.3 is 5.97 Å². The Balaban J connectivity index is 2.45. The molecule has 0 spiro atoms. The smallest absolute Gasteiger partial charge is 0.306 e. The van der Waals surface area contributed by atoms with Gasteiger partial charge in [0.05, 0.1) is 24.4 Å². The quantitative estimate of drug-likeness (QED) is 0.635. The van der Waals surface area contributed by atoms with E-state index in [0.717, 1.165) is 0 Å². The molecule has 0 amide bonds. The molecule has 0 radical (unpaired) electrons. The fourth-order valence-corrected chi connectivity index (χ4v) is 3.99. The Morgan fingerprint density at radius 3 is 2.53 bits per heavy atom. The predicted octanol–water partition coefficient (Wildman–Crippen LogP) is 0.491. The lowest BCUT2D eigenvalue weighted by molar-refractivity contribution is -0.144. The first-order chi connectivity index (χ1) is 8.86. The molecular formula is C12H20O6S. The van der Waals surface area contributed by atoms with Crippen molar-refractivity contribution in [1.82, 2.24) is 0 Å². The van der Waals surface area contributed by atoms with Gasteiger partial charge in [-0.2, -0.15) is 0 Å². The standard InChI is InChI=1S/C12H20O6S/c1-3-17-12(14)5-4-10(13)8-19(15,16)11-6-7-18-9(11)2/h9,11H,3-8H2,1-2H3. The van der Waals surface area contributed by atoms with Crippen LogP contribution >= 0.6 is 0 Å². The molecule has 1 rings (SSSR count). The van der Waals surface area contributed by atoms with Crippen molar-refractivity contribution in [2.75, 3.05) is 19.0 Å². The molecule has 1 aliphatic rings. The maximum atomic E-state index is 12.0. The maximum Gasteiger partial charge on any atom is 0.306 e. The number of ketones is 1. The summed E-state index contributed by atoms with van der Waals surface area (Å²) in [5.41, 5.74) is 0. The van der Waals surface area contributed by atoms with Gasteiger partial charge in [-0.05, 0) is 20.3 Å². The number of sulfone groups is 1. The highest BCUT2D eigenvalue weighted by Crippen LogP contribution is 2.21. The van der Waals surface area contributed by atoms with Crippen LogP contribution in [0.3, 0.4) is 0 Å². The summed E-state index contributed by atoms with van der Waals surface area (Å²) in [5.74, 6) is -1.46. The molecule has 1 saturated heterocycles. The zero-order valence-electron chi connectivity index (χ0n) is 11.3. The van der Waals surface area contributed by atoms with E-state index in [-0.39, 0.29) is 25.6 Å². The van der Waals surface area contributed by atoms with Crippen LogP contribution < -0.4 is 0 Å². The third-order valence-electron chi connectivity index (χ3n) is 3.04.